The number of hydrogen-bond donors (Lipinski definition) is 1. The lowest BCUT2D eigenvalue weighted by molar-refractivity contribution is 0.332. The maximum atomic E-state index is 13.0. The van der Waals surface area contributed by atoms with Crippen molar-refractivity contribution >= 4 is 5.69 Å². The summed E-state index contributed by atoms with van der Waals surface area (Å²) in [5, 5.41) is 3.24. The average Bonchev–Trinajstić information content (AvgIpc) is 2.40. The van der Waals surface area contributed by atoms with Crippen LogP contribution in [0, 0.1) is 12.7 Å². The molecule has 2 aromatic rings. The zero-order valence-corrected chi connectivity index (χ0v) is 10.3. The predicted octanol–water partition coefficient (Wildman–Crippen LogP) is 3.63. The molecule has 2 nitrogen and oxygen atoms in total. The molecule has 0 saturated carbocycles. The molecule has 3 heteroatoms. The fraction of sp³-hybridized carbons (Fsp3) is 0.200. The first-order chi connectivity index (χ1) is 8.75. The van der Waals surface area contributed by atoms with Gasteiger partial charge in [-0.1, -0.05) is 18.2 Å². The minimum atomic E-state index is -0.204. The number of rotatable bonds is 5. The van der Waals surface area contributed by atoms with Crippen molar-refractivity contribution < 1.29 is 9.13 Å². The molecule has 0 aromatic heterocycles. The number of benzene rings is 2. The van der Waals surface area contributed by atoms with E-state index in [9.17, 15) is 4.39 Å². The highest BCUT2D eigenvalue weighted by Crippen LogP contribution is 2.15. The highest BCUT2D eigenvalue weighted by molar-refractivity contribution is 5.42. The summed E-state index contributed by atoms with van der Waals surface area (Å²) >= 11 is 0. The third-order valence-electron chi connectivity index (χ3n) is 2.60. The van der Waals surface area contributed by atoms with Crippen molar-refractivity contribution in [1.29, 1.82) is 0 Å². The first kappa shape index (κ1) is 12.4. The zero-order valence-electron chi connectivity index (χ0n) is 10.3. The summed E-state index contributed by atoms with van der Waals surface area (Å²) in [6.07, 6.45) is 0. The maximum absolute atomic E-state index is 13.0. The molecule has 0 aliphatic rings. The van der Waals surface area contributed by atoms with Crippen LogP contribution in [0.15, 0.2) is 48.5 Å². The topological polar surface area (TPSA) is 21.3 Å². The van der Waals surface area contributed by atoms with Gasteiger partial charge in [0.1, 0.15) is 18.2 Å². The summed E-state index contributed by atoms with van der Waals surface area (Å²) in [4.78, 5) is 0. The van der Waals surface area contributed by atoms with E-state index >= 15 is 0 Å². The second-order valence-corrected chi connectivity index (χ2v) is 4.05. The summed E-state index contributed by atoms with van der Waals surface area (Å²) in [5.41, 5.74) is 1.67. The molecule has 0 saturated heterocycles. The molecule has 0 spiro atoms. The molecule has 2 rings (SSSR count). The van der Waals surface area contributed by atoms with Crippen molar-refractivity contribution in [3.63, 3.8) is 0 Å². The van der Waals surface area contributed by atoms with Crippen molar-refractivity contribution in [2.75, 3.05) is 18.5 Å². The maximum Gasteiger partial charge on any atom is 0.126 e. The normalized spacial score (nSPS) is 10.1. The van der Waals surface area contributed by atoms with Crippen LogP contribution in [-0.2, 0) is 0 Å². The van der Waals surface area contributed by atoms with E-state index in [-0.39, 0.29) is 5.82 Å². The minimum absolute atomic E-state index is 0.204. The van der Waals surface area contributed by atoms with Crippen molar-refractivity contribution in [2.45, 2.75) is 6.92 Å². The van der Waals surface area contributed by atoms with Gasteiger partial charge in [0.2, 0.25) is 0 Å². The lowest BCUT2D eigenvalue weighted by atomic mass is 10.2. The molecule has 0 atom stereocenters. The Morgan fingerprint density at radius 3 is 2.61 bits per heavy atom. The van der Waals surface area contributed by atoms with Gasteiger partial charge in [-0.2, -0.15) is 0 Å². The van der Waals surface area contributed by atoms with Crippen LogP contribution in [0.2, 0.25) is 0 Å². The van der Waals surface area contributed by atoms with E-state index in [1.54, 1.807) is 19.1 Å². The van der Waals surface area contributed by atoms with E-state index in [0.717, 1.165) is 5.69 Å². The van der Waals surface area contributed by atoms with Crippen molar-refractivity contribution in [2.24, 2.45) is 0 Å². The molecule has 0 bridgehead atoms. The van der Waals surface area contributed by atoms with Gasteiger partial charge in [-0.15, -0.1) is 0 Å². The van der Waals surface area contributed by atoms with E-state index in [2.05, 4.69) is 5.32 Å². The Labute approximate surface area is 106 Å². The molecular weight excluding hydrogens is 229 g/mol. The van der Waals surface area contributed by atoms with Gasteiger partial charge in [-0.25, -0.2) is 4.39 Å². The molecule has 0 aliphatic heterocycles. The summed E-state index contributed by atoms with van der Waals surface area (Å²) in [6, 6.07) is 14.7. The van der Waals surface area contributed by atoms with Gasteiger partial charge >= 0.3 is 0 Å². The molecule has 0 unspecified atom stereocenters. The molecule has 0 heterocycles. The molecule has 0 amide bonds. The van der Waals surface area contributed by atoms with Crippen LogP contribution in [0.5, 0.6) is 5.75 Å². The number of anilines is 1. The average molecular weight is 245 g/mol. The molecule has 0 radical (unpaired) electrons. The molecule has 0 fully saturated rings. The summed E-state index contributed by atoms with van der Waals surface area (Å²) in [6.45, 7) is 2.98. The summed E-state index contributed by atoms with van der Waals surface area (Å²) < 4.78 is 18.6. The van der Waals surface area contributed by atoms with Crippen LogP contribution < -0.4 is 10.1 Å². The van der Waals surface area contributed by atoms with Crippen LogP contribution in [0.1, 0.15) is 5.56 Å². The van der Waals surface area contributed by atoms with E-state index in [1.807, 2.05) is 30.3 Å². The lowest BCUT2D eigenvalue weighted by Crippen LogP contribution is -2.11. The van der Waals surface area contributed by atoms with Crippen LogP contribution in [0.25, 0.3) is 0 Å². The Bertz CT molecular complexity index is 499. The second kappa shape index (κ2) is 6.05. The number of hydrogen-bond acceptors (Lipinski definition) is 2. The number of ether oxygens (including phenoxy) is 1. The zero-order chi connectivity index (χ0) is 12.8. The van der Waals surface area contributed by atoms with Crippen LogP contribution in [-0.4, -0.2) is 13.2 Å². The van der Waals surface area contributed by atoms with Gasteiger partial charge in [0.15, 0.2) is 0 Å². The van der Waals surface area contributed by atoms with E-state index in [1.165, 1.54) is 6.07 Å². The fourth-order valence-electron chi connectivity index (χ4n) is 1.63. The second-order valence-electron chi connectivity index (χ2n) is 4.05. The number of para-hydroxylation sites is 1. The van der Waals surface area contributed by atoms with Gasteiger partial charge in [0, 0.05) is 12.2 Å². The van der Waals surface area contributed by atoms with Gasteiger partial charge in [-0.3, -0.25) is 0 Å². The van der Waals surface area contributed by atoms with Gasteiger partial charge in [0.25, 0.3) is 0 Å². The Morgan fingerprint density at radius 1 is 1.11 bits per heavy atom. The predicted molar refractivity (Wildman–Crippen MR) is 71.6 cm³/mol. The lowest BCUT2D eigenvalue weighted by Gasteiger charge is -2.09. The fourth-order valence-corrected chi connectivity index (χ4v) is 1.63. The molecule has 2 aromatic carbocycles. The molecule has 94 valence electrons. The van der Waals surface area contributed by atoms with Gasteiger partial charge < -0.3 is 10.1 Å². The van der Waals surface area contributed by atoms with Crippen LogP contribution in [0.3, 0.4) is 0 Å². The van der Waals surface area contributed by atoms with E-state index < -0.39 is 0 Å². The Hall–Kier alpha value is -2.03. The van der Waals surface area contributed by atoms with Crippen molar-refractivity contribution in [3.8, 4) is 5.75 Å². The number of halogens is 1. The molecule has 1 N–H and O–H groups in total. The number of aryl methyl sites for hydroxylation is 1. The summed E-state index contributed by atoms with van der Waals surface area (Å²) in [7, 11) is 0. The Morgan fingerprint density at radius 2 is 1.89 bits per heavy atom. The molecule has 18 heavy (non-hydrogen) atoms. The standard InChI is InChI=1S/C15H16FNO/c1-12-11-14(7-8-15(12)16)18-10-9-17-13-5-3-2-4-6-13/h2-8,11,17H,9-10H2,1H3. The first-order valence-electron chi connectivity index (χ1n) is 5.93. The van der Waals surface area contributed by atoms with Crippen LogP contribution in [0.4, 0.5) is 10.1 Å². The van der Waals surface area contributed by atoms with E-state index in [4.69, 9.17) is 4.74 Å². The highest BCUT2D eigenvalue weighted by Gasteiger charge is 1.99. The Balaban J connectivity index is 1.77. The number of nitrogens with one attached hydrogen (secondary N) is 1. The largest absolute Gasteiger partial charge is 0.492 e. The van der Waals surface area contributed by atoms with Crippen LogP contribution >= 0.6 is 0 Å². The minimum Gasteiger partial charge on any atom is -0.492 e. The van der Waals surface area contributed by atoms with Crippen molar-refractivity contribution in [1.82, 2.24) is 0 Å². The quantitative estimate of drug-likeness (QED) is 0.812. The van der Waals surface area contributed by atoms with E-state index in [0.29, 0.717) is 24.5 Å². The van der Waals surface area contributed by atoms with Gasteiger partial charge in [-0.05, 0) is 42.8 Å². The van der Waals surface area contributed by atoms with Gasteiger partial charge in [0.05, 0.1) is 0 Å². The third-order valence-corrected chi connectivity index (χ3v) is 2.60. The first-order valence-corrected chi connectivity index (χ1v) is 5.93. The SMILES string of the molecule is Cc1cc(OCCNc2ccccc2)ccc1F. The van der Waals surface area contributed by atoms with Crippen molar-refractivity contribution in [3.05, 3.63) is 59.9 Å². The molecular formula is C15H16FNO. The Kier molecular flexibility index (Phi) is 4.18. The smallest absolute Gasteiger partial charge is 0.126 e. The monoisotopic (exact) mass is 245 g/mol. The summed E-state index contributed by atoms with van der Waals surface area (Å²) in [5.74, 6) is 0.494. The molecule has 0 aliphatic carbocycles. The highest BCUT2D eigenvalue weighted by atomic mass is 19.1. The third kappa shape index (κ3) is 3.48.